The topological polar surface area (TPSA) is 128 Å². The van der Waals surface area contributed by atoms with Gasteiger partial charge in [0.1, 0.15) is 6.04 Å². The van der Waals surface area contributed by atoms with Crippen molar-refractivity contribution >= 4 is 41.3 Å². The van der Waals surface area contributed by atoms with Crippen LogP contribution in [0.5, 0.6) is 0 Å². The van der Waals surface area contributed by atoms with Gasteiger partial charge in [0.05, 0.1) is 17.1 Å². The van der Waals surface area contributed by atoms with Gasteiger partial charge in [-0.25, -0.2) is 0 Å². The standard InChI is InChI=1S/C19H26N4O5/c1-23(12-24)18-13(20-11-4-2-3-8-17(26)27)6-5-7-14(18)21-15-9-10-16(25)22-19(15)28/h5-7,12,15,20-21H,2-4,8-11H2,1H3,(H,26,27)(H,22,25,28). The van der Waals surface area contributed by atoms with Crippen molar-refractivity contribution in [3.8, 4) is 0 Å². The summed E-state index contributed by atoms with van der Waals surface area (Å²) in [5.41, 5.74) is 1.94. The van der Waals surface area contributed by atoms with E-state index in [2.05, 4.69) is 16.0 Å². The first-order valence-corrected chi connectivity index (χ1v) is 9.29. The molecule has 0 aliphatic carbocycles. The van der Waals surface area contributed by atoms with E-state index < -0.39 is 12.0 Å². The molecular weight excluding hydrogens is 364 g/mol. The summed E-state index contributed by atoms with van der Waals surface area (Å²) in [6.07, 6.45) is 3.68. The number of piperidine rings is 1. The summed E-state index contributed by atoms with van der Waals surface area (Å²) in [5.74, 6) is -1.46. The summed E-state index contributed by atoms with van der Waals surface area (Å²) in [6.45, 7) is 0.626. The molecule has 2 rings (SSSR count). The number of imide groups is 1. The van der Waals surface area contributed by atoms with E-state index in [4.69, 9.17) is 5.11 Å². The highest BCUT2D eigenvalue weighted by Crippen LogP contribution is 2.34. The molecule has 1 saturated heterocycles. The highest BCUT2D eigenvalue weighted by atomic mass is 16.4. The monoisotopic (exact) mass is 390 g/mol. The minimum atomic E-state index is -0.796. The average molecular weight is 390 g/mol. The summed E-state index contributed by atoms with van der Waals surface area (Å²) in [4.78, 5) is 46.7. The molecule has 0 saturated carbocycles. The van der Waals surface area contributed by atoms with Gasteiger partial charge in [-0.2, -0.15) is 0 Å². The lowest BCUT2D eigenvalue weighted by Crippen LogP contribution is -2.47. The highest BCUT2D eigenvalue weighted by Gasteiger charge is 2.27. The van der Waals surface area contributed by atoms with E-state index in [1.54, 1.807) is 13.1 Å². The molecule has 28 heavy (non-hydrogen) atoms. The van der Waals surface area contributed by atoms with Crippen LogP contribution in [0, 0.1) is 0 Å². The Kier molecular flexibility index (Phi) is 7.79. The van der Waals surface area contributed by atoms with Crippen molar-refractivity contribution in [2.45, 2.75) is 44.6 Å². The normalized spacial score (nSPS) is 16.2. The molecule has 1 fully saturated rings. The third-order valence-electron chi connectivity index (χ3n) is 4.50. The molecule has 1 aromatic rings. The molecule has 4 N–H and O–H groups in total. The number of hydrogen-bond donors (Lipinski definition) is 4. The molecule has 0 bridgehead atoms. The lowest BCUT2D eigenvalue weighted by molar-refractivity contribution is -0.137. The minimum absolute atomic E-state index is 0.157. The van der Waals surface area contributed by atoms with Gasteiger partial charge in [0, 0.05) is 26.4 Å². The smallest absolute Gasteiger partial charge is 0.303 e. The molecule has 0 aromatic heterocycles. The Morgan fingerprint density at radius 3 is 2.71 bits per heavy atom. The Morgan fingerprint density at radius 1 is 1.29 bits per heavy atom. The summed E-state index contributed by atoms with van der Waals surface area (Å²) in [7, 11) is 1.62. The number of aliphatic carboxylic acids is 1. The Morgan fingerprint density at radius 2 is 2.04 bits per heavy atom. The Bertz CT molecular complexity index is 737. The van der Waals surface area contributed by atoms with Gasteiger partial charge in [0.15, 0.2) is 0 Å². The van der Waals surface area contributed by atoms with Crippen LogP contribution in [-0.2, 0) is 19.2 Å². The summed E-state index contributed by atoms with van der Waals surface area (Å²) in [5, 5.41) is 17.4. The molecule has 1 atom stereocenters. The van der Waals surface area contributed by atoms with E-state index in [9.17, 15) is 19.2 Å². The van der Waals surface area contributed by atoms with Gasteiger partial charge in [0.25, 0.3) is 0 Å². The summed E-state index contributed by atoms with van der Waals surface area (Å²) >= 11 is 0. The van der Waals surface area contributed by atoms with Gasteiger partial charge in [-0.1, -0.05) is 12.5 Å². The molecular formula is C19H26N4O5. The lowest BCUT2D eigenvalue weighted by atomic mass is 10.1. The van der Waals surface area contributed by atoms with Gasteiger partial charge in [-0.3, -0.25) is 24.5 Å². The van der Waals surface area contributed by atoms with Crippen LogP contribution in [0.4, 0.5) is 17.1 Å². The van der Waals surface area contributed by atoms with Crippen LogP contribution in [0.15, 0.2) is 18.2 Å². The molecule has 9 heteroatoms. The van der Waals surface area contributed by atoms with Crippen molar-refractivity contribution in [3.05, 3.63) is 18.2 Å². The maximum Gasteiger partial charge on any atom is 0.303 e. The fourth-order valence-corrected chi connectivity index (χ4v) is 3.06. The molecule has 9 nitrogen and oxygen atoms in total. The maximum atomic E-state index is 12.0. The first kappa shape index (κ1) is 21.2. The van der Waals surface area contributed by atoms with E-state index in [0.29, 0.717) is 37.2 Å². The van der Waals surface area contributed by atoms with E-state index in [-0.39, 0.29) is 24.7 Å². The summed E-state index contributed by atoms with van der Waals surface area (Å²) in [6, 6.07) is 4.87. The van der Waals surface area contributed by atoms with E-state index in [0.717, 1.165) is 18.5 Å². The van der Waals surface area contributed by atoms with Crippen molar-refractivity contribution in [2.75, 3.05) is 29.1 Å². The molecule has 1 heterocycles. The van der Waals surface area contributed by atoms with Gasteiger partial charge in [-0.15, -0.1) is 0 Å². The third-order valence-corrected chi connectivity index (χ3v) is 4.50. The second-order valence-electron chi connectivity index (χ2n) is 6.70. The fraction of sp³-hybridized carbons (Fsp3) is 0.474. The number of carbonyl (C=O) groups excluding carboxylic acids is 3. The molecule has 1 aliphatic rings. The number of nitrogens with zero attached hydrogens (tertiary/aromatic N) is 1. The quantitative estimate of drug-likeness (QED) is 0.256. The van der Waals surface area contributed by atoms with Gasteiger partial charge in [0.2, 0.25) is 18.2 Å². The highest BCUT2D eigenvalue weighted by molar-refractivity contribution is 6.02. The number of hydrogen-bond acceptors (Lipinski definition) is 6. The van der Waals surface area contributed by atoms with Crippen LogP contribution in [0.2, 0.25) is 0 Å². The number of amides is 3. The SMILES string of the molecule is CN(C=O)c1c(NCCCCCC(=O)O)cccc1NC1CCC(=O)NC1=O. The fourth-order valence-electron chi connectivity index (χ4n) is 3.06. The van der Waals surface area contributed by atoms with E-state index in [1.807, 2.05) is 12.1 Å². The van der Waals surface area contributed by atoms with Gasteiger partial charge < -0.3 is 20.6 Å². The molecule has 0 spiro atoms. The lowest BCUT2D eigenvalue weighted by Gasteiger charge is -2.27. The van der Waals surface area contributed by atoms with Crippen LogP contribution in [0.1, 0.15) is 38.5 Å². The van der Waals surface area contributed by atoms with Crippen molar-refractivity contribution in [3.63, 3.8) is 0 Å². The van der Waals surface area contributed by atoms with Crippen LogP contribution in [0.3, 0.4) is 0 Å². The molecule has 1 aromatic carbocycles. The molecule has 152 valence electrons. The molecule has 1 aliphatic heterocycles. The zero-order valence-electron chi connectivity index (χ0n) is 15.9. The second-order valence-corrected chi connectivity index (χ2v) is 6.70. The van der Waals surface area contributed by atoms with Crippen LogP contribution in [0.25, 0.3) is 0 Å². The number of carboxylic acid groups (broad SMARTS) is 1. The second kappa shape index (κ2) is 10.3. The zero-order valence-corrected chi connectivity index (χ0v) is 15.9. The number of unbranched alkanes of at least 4 members (excludes halogenated alkanes) is 2. The first-order chi connectivity index (χ1) is 13.4. The molecule has 0 radical (unpaired) electrons. The number of para-hydroxylation sites is 1. The Hall–Kier alpha value is -3.10. The Balaban J connectivity index is 2.06. The van der Waals surface area contributed by atoms with Crippen molar-refractivity contribution in [1.82, 2.24) is 5.32 Å². The molecule has 3 amide bonds. The average Bonchev–Trinajstić information content (AvgIpc) is 2.66. The number of rotatable bonds is 11. The summed E-state index contributed by atoms with van der Waals surface area (Å²) < 4.78 is 0. The maximum absolute atomic E-state index is 12.0. The van der Waals surface area contributed by atoms with Crippen molar-refractivity contribution in [1.29, 1.82) is 0 Å². The number of carboxylic acids is 1. The van der Waals surface area contributed by atoms with Crippen LogP contribution in [-0.4, -0.2) is 48.9 Å². The number of carbonyl (C=O) groups is 4. The van der Waals surface area contributed by atoms with Crippen LogP contribution < -0.4 is 20.9 Å². The van der Waals surface area contributed by atoms with Gasteiger partial charge in [-0.05, 0) is 31.4 Å². The number of benzene rings is 1. The minimum Gasteiger partial charge on any atom is -0.481 e. The van der Waals surface area contributed by atoms with Crippen molar-refractivity contribution < 1.29 is 24.3 Å². The van der Waals surface area contributed by atoms with Crippen molar-refractivity contribution in [2.24, 2.45) is 0 Å². The predicted octanol–water partition coefficient (Wildman–Crippen LogP) is 1.55. The predicted molar refractivity (Wildman–Crippen MR) is 105 cm³/mol. The van der Waals surface area contributed by atoms with Gasteiger partial charge >= 0.3 is 5.97 Å². The molecule has 1 unspecified atom stereocenters. The van der Waals surface area contributed by atoms with Crippen LogP contribution >= 0.6 is 0 Å². The van der Waals surface area contributed by atoms with E-state index in [1.165, 1.54) is 4.90 Å². The number of anilines is 3. The largest absolute Gasteiger partial charge is 0.481 e. The number of nitrogens with one attached hydrogen (secondary N) is 3. The zero-order chi connectivity index (χ0) is 20.5. The first-order valence-electron chi connectivity index (χ1n) is 9.29. The van der Waals surface area contributed by atoms with E-state index >= 15 is 0 Å². The third kappa shape index (κ3) is 5.97. The Labute approximate surface area is 163 Å².